The van der Waals surface area contributed by atoms with Crippen molar-refractivity contribution in [2.45, 2.75) is 305 Å². The van der Waals surface area contributed by atoms with Crippen LogP contribution in [0.3, 0.4) is 0 Å². The summed E-state index contributed by atoms with van der Waals surface area (Å²) < 4.78 is 107. The largest absolute Gasteiger partial charge is 3.00 e. The van der Waals surface area contributed by atoms with Crippen LogP contribution in [0.5, 0.6) is 0 Å². The van der Waals surface area contributed by atoms with Gasteiger partial charge in [0.1, 0.15) is 30.4 Å². The second kappa shape index (κ2) is 46.4. The molecular weight excluding hydrogens is 1200 g/mol. The third kappa shape index (κ3) is 31.6. The van der Waals surface area contributed by atoms with Crippen LogP contribution in [0, 0.1) is 0 Å². The van der Waals surface area contributed by atoms with E-state index in [2.05, 4.69) is 20.8 Å². The minimum absolute atomic E-state index is 0. The Morgan fingerprint density at radius 2 is 0.409 bits per heavy atom. The molecule has 13 heteroatoms. The molecule has 491 valence electrons. The van der Waals surface area contributed by atoms with Crippen molar-refractivity contribution in [2.24, 2.45) is 0 Å². The number of aryl methyl sites for hydroxylation is 3. The molecule has 1 radical (unpaired) electrons. The maximum absolute atomic E-state index is 11.8. The van der Waals surface area contributed by atoms with Crippen molar-refractivity contribution >= 4 is 62.7 Å². The Bertz CT molecular complexity index is 2820. The van der Waals surface area contributed by atoms with Gasteiger partial charge in [-0.1, -0.05) is 361 Å². The first-order valence-electron chi connectivity index (χ1n) is 34.5. The third-order valence-electron chi connectivity index (χ3n) is 17.3. The minimum Gasteiger partial charge on any atom is -0.744 e. The number of fused-ring (bicyclic) bond motifs is 3. The summed E-state index contributed by atoms with van der Waals surface area (Å²) in [7, 11) is -13.4. The zero-order valence-electron chi connectivity index (χ0n) is 54.3. The number of unbranched alkanes of at least 4 members (excludes halogenated alkanes) is 36. The van der Waals surface area contributed by atoms with Crippen molar-refractivity contribution in [2.75, 3.05) is 0 Å². The summed E-state index contributed by atoms with van der Waals surface area (Å²) in [6.07, 6.45) is 52.0. The van der Waals surface area contributed by atoms with Gasteiger partial charge in [-0.3, -0.25) is 0 Å². The number of hydrogen-bond acceptors (Lipinski definition) is 9. The summed E-state index contributed by atoms with van der Waals surface area (Å²) in [5, 5.41) is 4.06. The van der Waals surface area contributed by atoms with Gasteiger partial charge < -0.3 is 13.7 Å². The van der Waals surface area contributed by atoms with Gasteiger partial charge in [0, 0.05) is 0 Å². The van der Waals surface area contributed by atoms with Crippen LogP contribution < -0.4 is 0 Å². The Balaban J connectivity index is 0.000000343. The molecule has 0 aliphatic heterocycles. The first kappa shape index (κ1) is 78.6. The molecule has 0 aromatic heterocycles. The standard InChI is InChI=1S/3C25H38O3S.Fe/c3*1-2-3-4-5-6-7-8-9-10-11-12-13-14-18-23-21-20-22-17-15-16-19-24(22)25(23)29(26,27)28;/h3*15-17,19-21H,2-14,18H2,1H3,(H,26,27,28);/q;;;+3/p-3. The molecule has 6 aromatic carbocycles. The van der Waals surface area contributed by atoms with Crippen molar-refractivity contribution in [3.05, 3.63) is 126 Å². The topological polar surface area (TPSA) is 172 Å². The predicted octanol–water partition coefficient (Wildman–Crippen LogP) is 22.1. The van der Waals surface area contributed by atoms with E-state index >= 15 is 0 Å². The zero-order chi connectivity index (χ0) is 62.9. The van der Waals surface area contributed by atoms with Crippen molar-refractivity contribution in [1.29, 1.82) is 0 Å². The monoisotopic (exact) mass is 1310 g/mol. The SMILES string of the molecule is CCCCCCCCCCCCCCCc1ccc2ccccc2c1S(=O)(=O)[O-].CCCCCCCCCCCCCCCc1ccc2ccccc2c1S(=O)(=O)[O-].CCCCCCCCCCCCCCCc1ccc2ccccc2c1S(=O)(=O)[O-].[Fe+3]. The fourth-order valence-electron chi connectivity index (χ4n) is 12.3. The van der Waals surface area contributed by atoms with E-state index in [1.807, 2.05) is 72.8 Å². The molecule has 6 aromatic rings. The van der Waals surface area contributed by atoms with E-state index in [1.54, 1.807) is 36.4 Å². The van der Waals surface area contributed by atoms with E-state index in [0.29, 0.717) is 52.1 Å². The zero-order valence-corrected chi connectivity index (χ0v) is 57.9. The van der Waals surface area contributed by atoms with Crippen molar-refractivity contribution in [1.82, 2.24) is 0 Å². The molecule has 0 aliphatic carbocycles. The summed E-state index contributed by atoms with van der Waals surface area (Å²) in [6, 6.07) is 32.8. The van der Waals surface area contributed by atoms with Crippen LogP contribution in [0.1, 0.15) is 288 Å². The molecular formula is C75H111FeO9S3. The van der Waals surface area contributed by atoms with Gasteiger partial charge in [-0.05, 0) is 87.5 Å². The van der Waals surface area contributed by atoms with Gasteiger partial charge in [0.05, 0.1) is 14.7 Å². The van der Waals surface area contributed by atoms with Gasteiger partial charge >= 0.3 is 17.1 Å². The summed E-state index contributed by atoms with van der Waals surface area (Å²) in [5.41, 5.74) is 2.00. The number of hydrogen-bond donors (Lipinski definition) is 0. The smallest absolute Gasteiger partial charge is 0.744 e. The molecule has 88 heavy (non-hydrogen) atoms. The molecule has 9 nitrogen and oxygen atoms in total. The van der Waals surface area contributed by atoms with Crippen LogP contribution in [0.25, 0.3) is 32.3 Å². The van der Waals surface area contributed by atoms with Crippen LogP contribution in [0.15, 0.2) is 124 Å². The van der Waals surface area contributed by atoms with Crippen LogP contribution >= 0.6 is 0 Å². The summed E-state index contributed by atoms with van der Waals surface area (Å²) in [4.78, 5) is -0.0568. The van der Waals surface area contributed by atoms with Gasteiger partial charge in [-0.25, -0.2) is 25.3 Å². The molecule has 0 spiro atoms. The van der Waals surface area contributed by atoms with Gasteiger partial charge in [0.25, 0.3) is 0 Å². The van der Waals surface area contributed by atoms with E-state index in [-0.39, 0.29) is 31.8 Å². The second-order valence-electron chi connectivity index (χ2n) is 24.7. The van der Waals surface area contributed by atoms with Crippen LogP contribution in [-0.4, -0.2) is 38.9 Å². The minimum atomic E-state index is -4.48. The maximum Gasteiger partial charge on any atom is 3.00 e. The van der Waals surface area contributed by atoms with E-state index < -0.39 is 30.4 Å². The number of rotatable bonds is 45. The van der Waals surface area contributed by atoms with Crippen molar-refractivity contribution in [3.63, 3.8) is 0 Å². The molecule has 0 fully saturated rings. The van der Waals surface area contributed by atoms with E-state index in [9.17, 15) is 38.9 Å². The third-order valence-corrected chi connectivity index (χ3v) is 20.2. The quantitative estimate of drug-likeness (QED) is 0.0205. The van der Waals surface area contributed by atoms with Crippen LogP contribution in [0.2, 0.25) is 0 Å². The molecule has 0 amide bonds. The molecule has 0 saturated carbocycles. The van der Waals surface area contributed by atoms with Gasteiger partial charge in [-0.2, -0.15) is 0 Å². The normalized spacial score (nSPS) is 11.8. The Labute approximate surface area is 546 Å². The predicted molar refractivity (Wildman–Crippen MR) is 364 cm³/mol. The summed E-state index contributed by atoms with van der Waals surface area (Å²) in [6.45, 7) is 6.77. The Kier molecular flexibility index (Phi) is 41.5. The van der Waals surface area contributed by atoms with Gasteiger partial charge in [0.2, 0.25) is 0 Å². The van der Waals surface area contributed by atoms with E-state index in [4.69, 9.17) is 0 Å². The Morgan fingerprint density at radius 1 is 0.239 bits per heavy atom. The van der Waals surface area contributed by atoms with E-state index in [0.717, 1.165) is 54.7 Å². The Hall–Kier alpha value is -3.65. The molecule has 0 atom stereocenters. The van der Waals surface area contributed by atoms with E-state index in [1.165, 1.54) is 212 Å². The van der Waals surface area contributed by atoms with Crippen molar-refractivity contribution in [3.8, 4) is 0 Å². The first-order valence-corrected chi connectivity index (χ1v) is 38.7. The average Bonchev–Trinajstić information content (AvgIpc) is 1.76. The molecule has 0 aliphatic rings. The summed E-state index contributed by atoms with van der Waals surface area (Å²) >= 11 is 0. The van der Waals surface area contributed by atoms with Crippen molar-refractivity contribution < 1.29 is 56.0 Å². The van der Waals surface area contributed by atoms with Gasteiger partial charge in [0.15, 0.2) is 0 Å². The summed E-state index contributed by atoms with van der Waals surface area (Å²) in [5.74, 6) is 0. The first-order chi connectivity index (χ1) is 42.1. The molecule has 0 saturated heterocycles. The Morgan fingerprint density at radius 3 is 0.591 bits per heavy atom. The van der Waals surface area contributed by atoms with Gasteiger partial charge in [-0.15, -0.1) is 0 Å². The second-order valence-corrected chi connectivity index (χ2v) is 28.6. The fourth-order valence-corrected chi connectivity index (χ4v) is 15.2. The van der Waals surface area contributed by atoms with Crippen LogP contribution in [0.4, 0.5) is 0 Å². The van der Waals surface area contributed by atoms with Crippen LogP contribution in [-0.2, 0) is 66.7 Å². The maximum atomic E-state index is 11.8. The molecule has 6 rings (SSSR count). The molecule has 0 N–H and O–H groups in total. The molecule has 0 heterocycles. The molecule has 0 unspecified atom stereocenters. The average molecular weight is 1310 g/mol. The molecule has 0 bridgehead atoms. The number of benzene rings is 6. The fraction of sp³-hybridized carbons (Fsp3) is 0.600.